The molecular weight excluding hydrogens is 540 g/mol. The third-order valence-electron chi connectivity index (χ3n) is 5.03. The fraction of sp³-hybridized carbons (Fsp3) is 0.483. The Labute approximate surface area is 218 Å². The molecule has 1 rings (SSSR count). The van der Waals surface area contributed by atoms with Crippen LogP contribution in [0.25, 0.3) is 0 Å². The van der Waals surface area contributed by atoms with Gasteiger partial charge in [0.25, 0.3) is 0 Å². The number of ether oxygens (including phenoxy) is 1. The first-order valence-electron chi connectivity index (χ1n) is 12.2. The molecule has 0 bridgehead atoms. The first kappa shape index (κ1) is 29.6. The molecule has 0 radical (unpaired) electrons. The quantitative estimate of drug-likeness (QED) is 0.0748. The molecule has 0 aromatic heterocycles. The molecule has 2 nitrogen and oxygen atoms in total. The number of allylic oxidation sites excluding steroid dienone is 8. The van der Waals surface area contributed by atoms with Crippen molar-refractivity contribution in [1.82, 2.24) is 0 Å². The molecular formula is C29H40Br2O2. The van der Waals surface area contributed by atoms with Crippen molar-refractivity contribution in [2.75, 3.05) is 0 Å². The van der Waals surface area contributed by atoms with Gasteiger partial charge in [-0.05, 0) is 61.6 Å². The summed E-state index contributed by atoms with van der Waals surface area (Å²) in [6, 6.07) is 6.29. The third kappa shape index (κ3) is 16.8. The molecule has 0 fully saturated rings. The zero-order valence-corrected chi connectivity index (χ0v) is 23.3. The zero-order valence-electron chi connectivity index (χ0n) is 20.1. The van der Waals surface area contributed by atoms with E-state index in [1.165, 1.54) is 36.8 Å². The number of alkyl halides is 2. The monoisotopic (exact) mass is 578 g/mol. The topological polar surface area (TPSA) is 26.3 Å². The van der Waals surface area contributed by atoms with Gasteiger partial charge >= 0.3 is 5.97 Å². The summed E-state index contributed by atoms with van der Waals surface area (Å²) in [6.07, 6.45) is 28.0. The van der Waals surface area contributed by atoms with E-state index in [1.807, 2.05) is 0 Å². The highest BCUT2D eigenvalue weighted by atomic mass is 79.9. The average Bonchev–Trinajstić information content (AvgIpc) is 2.84. The maximum Gasteiger partial charge on any atom is 0.306 e. The van der Waals surface area contributed by atoms with Crippen molar-refractivity contribution in [3.8, 4) is 0 Å². The number of benzene rings is 1. The van der Waals surface area contributed by atoms with Crippen molar-refractivity contribution in [3.05, 3.63) is 83.5 Å². The van der Waals surface area contributed by atoms with Crippen LogP contribution in [-0.4, -0.2) is 5.97 Å². The van der Waals surface area contributed by atoms with Crippen LogP contribution >= 0.6 is 31.9 Å². The fourth-order valence-corrected chi connectivity index (χ4v) is 3.89. The lowest BCUT2D eigenvalue weighted by molar-refractivity contribution is -0.145. The van der Waals surface area contributed by atoms with E-state index in [2.05, 4.69) is 106 Å². The molecule has 0 saturated heterocycles. The molecule has 0 aliphatic heterocycles. The van der Waals surface area contributed by atoms with E-state index in [0.29, 0.717) is 13.0 Å². The van der Waals surface area contributed by atoms with Gasteiger partial charge in [0, 0.05) is 17.1 Å². The van der Waals surface area contributed by atoms with Gasteiger partial charge in [0.2, 0.25) is 0 Å². The van der Waals surface area contributed by atoms with Crippen LogP contribution in [0.1, 0.15) is 87.8 Å². The van der Waals surface area contributed by atoms with Crippen LogP contribution in [0.2, 0.25) is 0 Å². The van der Waals surface area contributed by atoms with Gasteiger partial charge in [0.05, 0.1) is 0 Å². The lowest BCUT2D eigenvalue weighted by Crippen LogP contribution is -2.04. The molecule has 0 N–H and O–H groups in total. The Morgan fingerprint density at radius 1 is 0.727 bits per heavy atom. The van der Waals surface area contributed by atoms with Crippen LogP contribution in [0.5, 0.6) is 0 Å². The number of unbranched alkanes of at least 4 members (excludes halogenated alkanes) is 4. The van der Waals surface area contributed by atoms with Crippen molar-refractivity contribution in [2.24, 2.45) is 0 Å². The lowest BCUT2D eigenvalue weighted by atomic mass is 10.1. The molecule has 0 saturated carbocycles. The van der Waals surface area contributed by atoms with Crippen molar-refractivity contribution < 1.29 is 9.53 Å². The number of esters is 1. The van der Waals surface area contributed by atoms with Crippen molar-refractivity contribution in [3.63, 3.8) is 0 Å². The van der Waals surface area contributed by atoms with Crippen LogP contribution in [0.4, 0.5) is 0 Å². The highest BCUT2D eigenvalue weighted by Gasteiger charge is 2.05. The first-order chi connectivity index (χ1) is 16.2. The molecule has 182 valence electrons. The number of rotatable bonds is 18. The van der Waals surface area contributed by atoms with Gasteiger partial charge < -0.3 is 4.74 Å². The number of halogens is 2. The summed E-state index contributed by atoms with van der Waals surface area (Å²) in [5.41, 5.74) is 3.42. The highest BCUT2D eigenvalue weighted by molar-refractivity contribution is 9.08. The molecule has 0 aliphatic carbocycles. The Bertz CT molecular complexity index is 741. The number of carbonyl (C=O) groups is 1. The van der Waals surface area contributed by atoms with Gasteiger partial charge in [0.1, 0.15) is 6.61 Å². The number of hydrogen-bond acceptors (Lipinski definition) is 2. The number of hydrogen-bond donors (Lipinski definition) is 0. The Kier molecular flexibility index (Phi) is 19.0. The lowest BCUT2D eigenvalue weighted by Gasteiger charge is -2.08. The van der Waals surface area contributed by atoms with Crippen LogP contribution < -0.4 is 0 Å². The van der Waals surface area contributed by atoms with E-state index in [-0.39, 0.29) is 5.97 Å². The second-order valence-corrected chi connectivity index (χ2v) is 9.19. The fourth-order valence-electron chi connectivity index (χ4n) is 3.24. The largest absolute Gasteiger partial charge is 0.461 e. The van der Waals surface area contributed by atoms with Crippen LogP contribution in [-0.2, 0) is 26.8 Å². The van der Waals surface area contributed by atoms with Gasteiger partial charge in [-0.15, -0.1) is 0 Å². The highest BCUT2D eigenvalue weighted by Crippen LogP contribution is 2.17. The van der Waals surface area contributed by atoms with Crippen LogP contribution in [0.3, 0.4) is 0 Å². The Hall–Kier alpha value is -1.39. The van der Waals surface area contributed by atoms with Gasteiger partial charge in [-0.25, -0.2) is 0 Å². The normalized spacial score (nSPS) is 12.1. The minimum absolute atomic E-state index is 0.129. The minimum atomic E-state index is -0.129. The summed E-state index contributed by atoms with van der Waals surface area (Å²) in [7, 11) is 0. The van der Waals surface area contributed by atoms with Gasteiger partial charge in [-0.3, -0.25) is 4.79 Å². The predicted octanol–water partition coefficient (Wildman–Crippen LogP) is 9.67. The Morgan fingerprint density at radius 2 is 1.21 bits per heavy atom. The SMILES string of the molecule is CCCCC/C=C\C/C=C\C/C=C\C/C=C\CCCC(=O)OCc1cc(CBr)cc(CBr)c1. The van der Waals surface area contributed by atoms with Crippen LogP contribution in [0.15, 0.2) is 66.8 Å². The second-order valence-electron chi connectivity index (χ2n) is 8.07. The summed E-state index contributed by atoms with van der Waals surface area (Å²) in [5.74, 6) is -0.129. The van der Waals surface area contributed by atoms with E-state index >= 15 is 0 Å². The molecule has 0 heterocycles. The van der Waals surface area contributed by atoms with Gasteiger partial charge in [-0.1, -0.05) is 118 Å². The van der Waals surface area contributed by atoms with E-state index in [0.717, 1.165) is 48.3 Å². The Morgan fingerprint density at radius 3 is 1.73 bits per heavy atom. The standard InChI is InChI=1S/C29H40Br2O2/c1-2-3-4-5-6-7-8-9-10-11-12-13-14-15-16-17-18-19-29(32)33-25-28-21-26(23-30)20-27(22-28)24-31/h6-7,9-10,12-13,15-16,20-22H,2-5,8,11,14,17-19,23-25H2,1H3/b7-6-,10-9-,13-12-,16-15-. The van der Waals surface area contributed by atoms with Crippen molar-refractivity contribution in [2.45, 2.75) is 88.4 Å². The van der Waals surface area contributed by atoms with Gasteiger partial charge in [-0.2, -0.15) is 0 Å². The summed E-state index contributed by atoms with van der Waals surface area (Å²) < 4.78 is 5.44. The second kappa shape index (κ2) is 21.2. The summed E-state index contributed by atoms with van der Waals surface area (Å²) in [6.45, 7) is 2.58. The van der Waals surface area contributed by atoms with Crippen molar-refractivity contribution >= 4 is 37.8 Å². The van der Waals surface area contributed by atoms with E-state index < -0.39 is 0 Å². The van der Waals surface area contributed by atoms with Gasteiger partial charge in [0.15, 0.2) is 0 Å². The molecule has 4 heteroatoms. The summed E-state index contributed by atoms with van der Waals surface area (Å²) >= 11 is 6.98. The number of carbonyl (C=O) groups excluding carboxylic acids is 1. The average molecular weight is 580 g/mol. The third-order valence-corrected chi connectivity index (χ3v) is 6.32. The smallest absolute Gasteiger partial charge is 0.306 e. The molecule has 0 spiro atoms. The predicted molar refractivity (Wildman–Crippen MR) is 150 cm³/mol. The summed E-state index contributed by atoms with van der Waals surface area (Å²) in [5, 5.41) is 1.59. The van der Waals surface area contributed by atoms with Crippen molar-refractivity contribution in [1.29, 1.82) is 0 Å². The van der Waals surface area contributed by atoms with E-state index in [1.54, 1.807) is 0 Å². The molecule has 33 heavy (non-hydrogen) atoms. The zero-order chi connectivity index (χ0) is 24.0. The Balaban J connectivity index is 2.07. The van der Waals surface area contributed by atoms with E-state index in [4.69, 9.17) is 4.74 Å². The first-order valence-corrected chi connectivity index (χ1v) is 14.4. The molecule has 1 aromatic rings. The maximum atomic E-state index is 12.0. The summed E-state index contributed by atoms with van der Waals surface area (Å²) in [4.78, 5) is 12.0. The molecule has 0 amide bonds. The molecule has 0 unspecified atom stereocenters. The van der Waals surface area contributed by atoms with E-state index in [9.17, 15) is 4.79 Å². The maximum absolute atomic E-state index is 12.0. The van der Waals surface area contributed by atoms with Crippen LogP contribution in [0, 0.1) is 0 Å². The minimum Gasteiger partial charge on any atom is -0.461 e. The molecule has 1 aromatic carbocycles. The molecule has 0 atom stereocenters. The molecule has 0 aliphatic rings.